The molecule has 4 heteroatoms. The minimum Gasteiger partial charge on any atom is -0.465 e. The Morgan fingerprint density at radius 2 is 1.95 bits per heavy atom. The summed E-state index contributed by atoms with van der Waals surface area (Å²) in [7, 11) is 0. The molecular weight excluding hydrogens is 266 g/mol. The molecule has 2 saturated carbocycles. The van der Waals surface area contributed by atoms with Crippen LogP contribution in [0.15, 0.2) is 0 Å². The van der Waals surface area contributed by atoms with E-state index in [2.05, 4.69) is 12.2 Å². The lowest BCUT2D eigenvalue weighted by atomic mass is 9.85. The van der Waals surface area contributed by atoms with Crippen molar-refractivity contribution in [3.05, 3.63) is 0 Å². The minimum atomic E-state index is -0.193. The van der Waals surface area contributed by atoms with Crippen molar-refractivity contribution in [1.29, 1.82) is 0 Å². The van der Waals surface area contributed by atoms with E-state index in [1.165, 1.54) is 44.9 Å². The van der Waals surface area contributed by atoms with Gasteiger partial charge in [-0.05, 0) is 44.9 Å². The summed E-state index contributed by atoms with van der Waals surface area (Å²) < 4.78 is 11.3. The van der Waals surface area contributed by atoms with Crippen LogP contribution >= 0.6 is 0 Å². The van der Waals surface area contributed by atoms with Crippen LogP contribution in [-0.2, 0) is 14.3 Å². The Morgan fingerprint density at radius 3 is 2.62 bits per heavy atom. The van der Waals surface area contributed by atoms with Gasteiger partial charge >= 0.3 is 5.97 Å². The third-order valence-corrected chi connectivity index (χ3v) is 4.69. The number of carbonyl (C=O) groups is 1. The summed E-state index contributed by atoms with van der Waals surface area (Å²) in [6.07, 6.45) is 9.77. The first-order chi connectivity index (χ1) is 10.2. The van der Waals surface area contributed by atoms with Crippen LogP contribution in [0.3, 0.4) is 0 Å². The Kier molecular flexibility index (Phi) is 6.97. The predicted octanol–water partition coefficient (Wildman–Crippen LogP) is 3.05. The highest BCUT2D eigenvalue weighted by molar-refractivity contribution is 5.75. The van der Waals surface area contributed by atoms with Gasteiger partial charge in [-0.3, -0.25) is 4.79 Å². The second-order valence-electron chi connectivity index (χ2n) is 6.40. The first-order valence-electron chi connectivity index (χ1n) is 8.78. The minimum absolute atomic E-state index is 0.122. The van der Waals surface area contributed by atoms with Gasteiger partial charge in [0.15, 0.2) is 0 Å². The number of rotatable bonds is 9. The first-order valence-corrected chi connectivity index (χ1v) is 8.78. The molecule has 1 N–H and O–H groups in total. The molecule has 0 bridgehead atoms. The van der Waals surface area contributed by atoms with E-state index in [1.54, 1.807) is 0 Å². The summed E-state index contributed by atoms with van der Waals surface area (Å²) in [4.78, 5) is 12.0. The monoisotopic (exact) mass is 297 g/mol. The van der Waals surface area contributed by atoms with Crippen LogP contribution in [0.25, 0.3) is 0 Å². The van der Waals surface area contributed by atoms with Gasteiger partial charge in [0, 0.05) is 12.6 Å². The highest BCUT2D eigenvalue weighted by Crippen LogP contribution is 2.29. The van der Waals surface area contributed by atoms with E-state index < -0.39 is 0 Å². The Balaban J connectivity index is 1.73. The van der Waals surface area contributed by atoms with E-state index in [4.69, 9.17) is 9.47 Å². The van der Waals surface area contributed by atoms with Gasteiger partial charge in [-0.1, -0.05) is 26.2 Å². The van der Waals surface area contributed by atoms with E-state index in [9.17, 15) is 4.79 Å². The lowest BCUT2D eigenvalue weighted by Crippen LogP contribution is -2.41. The van der Waals surface area contributed by atoms with Crippen LogP contribution in [0.5, 0.6) is 0 Å². The van der Waals surface area contributed by atoms with Crippen LogP contribution < -0.4 is 5.32 Å². The molecule has 0 aromatic carbocycles. The Hall–Kier alpha value is -0.610. The fourth-order valence-corrected chi connectivity index (χ4v) is 3.24. The van der Waals surface area contributed by atoms with Crippen molar-refractivity contribution in [1.82, 2.24) is 5.32 Å². The second-order valence-corrected chi connectivity index (χ2v) is 6.40. The summed E-state index contributed by atoms with van der Waals surface area (Å²) in [6.45, 7) is 5.21. The van der Waals surface area contributed by atoms with E-state index in [0.717, 1.165) is 6.42 Å². The third kappa shape index (κ3) is 5.59. The fraction of sp³-hybridized carbons (Fsp3) is 0.941. The van der Waals surface area contributed by atoms with Crippen LogP contribution in [0.4, 0.5) is 0 Å². The summed E-state index contributed by atoms with van der Waals surface area (Å²) >= 11 is 0. The van der Waals surface area contributed by atoms with Crippen molar-refractivity contribution in [2.24, 2.45) is 5.92 Å². The molecular formula is C17H31NO3. The molecule has 0 heterocycles. The zero-order valence-electron chi connectivity index (χ0n) is 13.6. The lowest BCUT2D eigenvalue weighted by Gasteiger charge is -2.31. The molecule has 21 heavy (non-hydrogen) atoms. The number of hydrogen-bond donors (Lipinski definition) is 1. The highest BCUT2D eigenvalue weighted by atomic mass is 16.5. The van der Waals surface area contributed by atoms with Crippen molar-refractivity contribution in [2.45, 2.75) is 83.4 Å². The largest absolute Gasteiger partial charge is 0.465 e. The molecule has 2 aliphatic rings. The van der Waals surface area contributed by atoms with Crippen molar-refractivity contribution < 1.29 is 14.3 Å². The fourth-order valence-electron chi connectivity index (χ4n) is 3.24. The van der Waals surface area contributed by atoms with E-state index >= 15 is 0 Å². The second kappa shape index (κ2) is 8.74. The third-order valence-electron chi connectivity index (χ3n) is 4.69. The zero-order chi connectivity index (χ0) is 15.1. The highest BCUT2D eigenvalue weighted by Gasteiger charge is 2.30. The molecule has 0 spiro atoms. The van der Waals surface area contributed by atoms with Gasteiger partial charge in [0.1, 0.15) is 6.04 Å². The molecule has 2 rings (SSSR count). The van der Waals surface area contributed by atoms with Crippen LogP contribution in [-0.4, -0.2) is 37.4 Å². The summed E-state index contributed by atoms with van der Waals surface area (Å²) in [5, 5.41) is 3.38. The van der Waals surface area contributed by atoms with Crippen molar-refractivity contribution in [3.63, 3.8) is 0 Å². The average molecular weight is 297 g/mol. The van der Waals surface area contributed by atoms with Gasteiger partial charge in [-0.2, -0.15) is 0 Å². The van der Waals surface area contributed by atoms with Gasteiger partial charge in [-0.15, -0.1) is 0 Å². The molecule has 122 valence electrons. The van der Waals surface area contributed by atoms with E-state index in [0.29, 0.717) is 31.3 Å². The quantitative estimate of drug-likeness (QED) is 0.665. The molecule has 0 aromatic heterocycles. The maximum Gasteiger partial charge on any atom is 0.323 e. The lowest BCUT2D eigenvalue weighted by molar-refractivity contribution is -0.146. The maximum absolute atomic E-state index is 12.0. The average Bonchev–Trinajstić information content (AvgIpc) is 3.31. The van der Waals surface area contributed by atoms with Crippen LogP contribution in [0, 0.1) is 5.92 Å². The molecule has 0 amide bonds. The topological polar surface area (TPSA) is 47.6 Å². The molecule has 4 nitrogen and oxygen atoms in total. The SMILES string of the molecule is CCOC(=O)C(CCOC1CCCCC1CC)NC1CC1. The smallest absolute Gasteiger partial charge is 0.323 e. The standard InChI is InChI=1S/C17H31NO3/c1-3-13-7-5-6-8-16(13)21-12-11-15(17(19)20-4-2)18-14-9-10-14/h13-16,18H,3-12H2,1-2H3. The number of hydrogen-bond acceptors (Lipinski definition) is 4. The number of carbonyl (C=O) groups excluding carboxylic acids is 1. The molecule has 0 radical (unpaired) electrons. The molecule has 3 unspecified atom stereocenters. The summed E-state index contributed by atoms with van der Waals surface area (Å²) in [5.74, 6) is 0.583. The van der Waals surface area contributed by atoms with Gasteiger partial charge in [-0.25, -0.2) is 0 Å². The molecule has 2 fully saturated rings. The summed E-state index contributed by atoms with van der Waals surface area (Å²) in [6, 6.07) is 0.318. The molecule has 3 atom stereocenters. The Labute approximate surface area is 129 Å². The molecule has 0 saturated heterocycles. The van der Waals surface area contributed by atoms with E-state index in [-0.39, 0.29) is 12.0 Å². The van der Waals surface area contributed by atoms with Crippen LogP contribution in [0.1, 0.15) is 65.2 Å². The van der Waals surface area contributed by atoms with Crippen molar-refractivity contribution >= 4 is 5.97 Å². The first kappa shape index (κ1) is 16.8. The molecule has 0 aliphatic heterocycles. The van der Waals surface area contributed by atoms with Gasteiger partial charge in [0.05, 0.1) is 12.7 Å². The predicted molar refractivity (Wildman–Crippen MR) is 83.2 cm³/mol. The van der Waals surface area contributed by atoms with Gasteiger partial charge in [0.2, 0.25) is 0 Å². The van der Waals surface area contributed by atoms with E-state index in [1.807, 2.05) is 6.92 Å². The maximum atomic E-state index is 12.0. The summed E-state index contributed by atoms with van der Waals surface area (Å²) in [5.41, 5.74) is 0. The van der Waals surface area contributed by atoms with Gasteiger partial charge < -0.3 is 14.8 Å². The Morgan fingerprint density at radius 1 is 1.19 bits per heavy atom. The van der Waals surface area contributed by atoms with Crippen LogP contribution in [0.2, 0.25) is 0 Å². The van der Waals surface area contributed by atoms with Crippen molar-refractivity contribution in [3.8, 4) is 0 Å². The van der Waals surface area contributed by atoms with Crippen molar-refractivity contribution in [2.75, 3.05) is 13.2 Å². The number of esters is 1. The zero-order valence-corrected chi connectivity index (χ0v) is 13.6. The Bertz CT molecular complexity index is 317. The molecule has 2 aliphatic carbocycles. The number of ether oxygens (including phenoxy) is 2. The normalized spacial score (nSPS) is 27.3. The number of nitrogens with one attached hydrogen (secondary N) is 1. The molecule has 0 aromatic rings. The van der Waals surface area contributed by atoms with Gasteiger partial charge in [0.25, 0.3) is 0 Å².